The van der Waals surface area contributed by atoms with E-state index in [2.05, 4.69) is 31.6 Å². The van der Waals surface area contributed by atoms with Gasteiger partial charge in [0.1, 0.15) is 12.4 Å². The molecule has 40 heavy (non-hydrogen) atoms. The van der Waals surface area contributed by atoms with E-state index < -0.39 is 18.2 Å². The molecular weight excluding hydrogens is 520 g/mol. The molecule has 0 atom stereocenters. The van der Waals surface area contributed by atoms with Crippen LogP contribution < -0.4 is 34.5 Å². The Labute approximate surface area is 232 Å². The van der Waals surface area contributed by atoms with E-state index in [1.54, 1.807) is 7.11 Å². The van der Waals surface area contributed by atoms with E-state index in [-0.39, 0.29) is 22.8 Å². The van der Waals surface area contributed by atoms with Crippen molar-refractivity contribution < 1.29 is 27.7 Å². The van der Waals surface area contributed by atoms with Crippen molar-refractivity contribution in [2.45, 2.75) is 32.3 Å². The summed E-state index contributed by atoms with van der Waals surface area (Å²) in [6.07, 6.45) is 7.77. The van der Waals surface area contributed by atoms with Crippen molar-refractivity contribution >= 4 is 17.3 Å². The zero-order chi connectivity index (χ0) is 28.1. The Kier molecular flexibility index (Phi) is 8.39. The average molecular weight is 556 g/mol. The molecule has 214 valence electrons. The van der Waals surface area contributed by atoms with Crippen LogP contribution in [0.3, 0.4) is 0 Å². The summed E-state index contributed by atoms with van der Waals surface area (Å²) in [5, 5.41) is 6.65. The minimum absolute atomic E-state index is 0.139. The van der Waals surface area contributed by atoms with Crippen LogP contribution in [0, 0.1) is 17.0 Å². The number of aromatic nitrogens is 2. The first-order chi connectivity index (χ1) is 19.4. The van der Waals surface area contributed by atoms with Gasteiger partial charge in [0.05, 0.1) is 45.0 Å². The fraction of sp³-hybridized carbons (Fsp3) is 0.448. The molecule has 2 N–H and O–H groups in total. The van der Waals surface area contributed by atoms with Gasteiger partial charge in [-0.15, -0.1) is 0 Å². The lowest BCUT2D eigenvalue weighted by molar-refractivity contribution is 0.154. The Morgan fingerprint density at radius 1 is 0.875 bits per heavy atom. The van der Waals surface area contributed by atoms with Crippen LogP contribution in [-0.2, 0) is 6.61 Å². The number of nitrogens with one attached hydrogen (secondary N) is 2. The first-order valence-corrected chi connectivity index (χ1v) is 13.4. The summed E-state index contributed by atoms with van der Waals surface area (Å²) in [5.41, 5.74) is 2.02. The van der Waals surface area contributed by atoms with Crippen molar-refractivity contribution in [2.24, 2.45) is 5.41 Å². The normalized spacial score (nSPS) is 16.5. The summed E-state index contributed by atoms with van der Waals surface area (Å²) in [4.78, 5) is 11.0. The number of ether oxygens (including phenoxy) is 4. The maximum atomic E-state index is 14.6. The summed E-state index contributed by atoms with van der Waals surface area (Å²) in [7, 11) is 4.26. The molecule has 2 aliphatic heterocycles. The first-order valence-electron chi connectivity index (χ1n) is 13.4. The number of piperidine rings is 2. The number of nitrogens with zero attached hydrogens (tertiary/aromatic N) is 3. The largest absolute Gasteiger partial charge is 0.495 e. The molecule has 0 unspecified atom stereocenters. The molecule has 2 fully saturated rings. The average Bonchev–Trinajstić information content (AvgIpc) is 2.99. The third-order valence-electron chi connectivity index (χ3n) is 7.94. The predicted molar refractivity (Wildman–Crippen MR) is 148 cm³/mol. The van der Waals surface area contributed by atoms with Crippen LogP contribution in [0.1, 0.15) is 31.2 Å². The van der Waals surface area contributed by atoms with Gasteiger partial charge in [0.25, 0.3) is 0 Å². The predicted octanol–water partition coefficient (Wildman–Crippen LogP) is 5.07. The van der Waals surface area contributed by atoms with E-state index in [1.165, 1.54) is 52.3 Å². The molecule has 0 saturated carbocycles. The van der Waals surface area contributed by atoms with Gasteiger partial charge in [0, 0.05) is 30.9 Å². The highest BCUT2D eigenvalue weighted by Crippen LogP contribution is 2.42. The van der Waals surface area contributed by atoms with Crippen molar-refractivity contribution in [1.29, 1.82) is 0 Å². The summed E-state index contributed by atoms with van der Waals surface area (Å²) < 4.78 is 50.4. The van der Waals surface area contributed by atoms with Gasteiger partial charge in [-0.05, 0) is 56.3 Å². The fourth-order valence-corrected chi connectivity index (χ4v) is 5.50. The van der Waals surface area contributed by atoms with Gasteiger partial charge in [0.2, 0.25) is 5.95 Å². The second-order valence-electron chi connectivity index (χ2n) is 10.2. The van der Waals surface area contributed by atoms with Crippen LogP contribution >= 0.6 is 0 Å². The van der Waals surface area contributed by atoms with Crippen LogP contribution in [-0.4, -0.2) is 57.5 Å². The summed E-state index contributed by atoms with van der Waals surface area (Å²) in [6, 6.07) is 7.11. The lowest BCUT2D eigenvalue weighted by atomic mass is 9.71. The van der Waals surface area contributed by atoms with Crippen molar-refractivity contribution in [3.05, 3.63) is 53.9 Å². The molecule has 5 rings (SSSR count). The van der Waals surface area contributed by atoms with E-state index in [9.17, 15) is 8.78 Å². The Hall–Kier alpha value is -3.86. The van der Waals surface area contributed by atoms with Crippen molar-refractivity contribution in [2.75, 3.05) is 57.7 Å². The van der Waals surface area contributed by atoms with Gasteiger partial charge < -0.3 is 34.5 Å². The van der Waals surface area contributed by atoms with E-state index in [0.29, 0.717) is 11.4 Å². The smallest absolute Gasteiger partial charge is 0.227 e. The molecule has 0 amide bonds. The Bertz CT molecular complexity index is 1280. The molecule has 1 spiro atoms. The Morgan fingerprint density at radius 2 is 1.50 bits per heavy atom. The maximum Gasteiger partial charge on any atom is 0.227 e. The lowest BCUT2D eigenvalue weighted by Gasteiger charge is -2.45. The highest BCUT2D eigenvalue weighted by Gasteiger charge is 2.36. The number of anilines is 3. The van der Waals surface area contributed by atoms with Crippen LogP contribution in [0.25, 0.3) is 0 Å². The van der Waals surface area contributed by atoms with E-state index in [1.807, 2.05) is 12.1 Å². The number of hydrogen-bond acceptors (Lipinski definition) is 9. The van der Waals surface area contributed by atoms with E-state index >= 15 is 0 Å². The lowest BCUT2D eigenvalue weighted by Crippen LogP contribution is -2.45. The monoisotopic (exact) mass is 555 g/mol. The van der Waals surface area contributed by atoms with Crippen LogP contribution in [0.5, 0.6) is 23.0 Å². The standard InChI is InChI=1S/C29H35F2N5O4/c1-37-23-14-19(4-5-22(23)36-12-8-29(9-13-36)6-10-32-11-7-29)35-28-33-16-20(17-34-28)40-18-21-26(30)24(38-2)15-25(39-3)27(21)31/h4-5,14-17,32H,6-13,18H2,1-3H3,(H,33,34,35). The number of benzene rings is 2. The molecule has 11 heteroatoms. The zero-order valence-electron chi connectivity index (χ0n) is 23.1. The van der Waals surface area contributed by atoms with Gasteiger partial charge in [-0.25, -0.2) is 18.7 Å². The first kappa shape index (κ1) is 27.7. The highest BCUT2D eigenvalue weighted by molar-refractivity contribution is 5.67. The molecule has 3 heterocycles. The van der Waals surface area contributed by atoms with Gasteiger partial charge in [-0.3, -0.25) is 0 Å². The molecular formula is C29H35F2N5O4. The summed E-state index contributed by atoms with van der Waals surface area (Å²) in [5.74, 6) is -0.617. The summed E-state index contributed by atoms with van der Waals surface area (Å²) in [6.45, 7) is 3.88. The van der Waals surface area contributed by atoms with Crippen LogP contribution in [0.4, 0.5) is 26.1 Å². The molecule has 2 saturated heterocycles. The van der Waals surface area contributed by atoms with Gasteiger partial charge >= 0.3 is 0 Å². The molecule has 3 aromatic rings. The molecule has 2 aliphatic rings. The maximum absolute atomic E-state index is 14.6. The molecule has 0 radical (unpaired) electrons. The number of hydrogen-bond donors (Lipinski definition) is 2. The Morgan fingerprint density at radius 3 is 2.10 bits per heavy atom. The van der Waals surface area contributed by atoms with E-state index in [4.69, 9.17) is 18.9 Å². The van der Waals surface area contributed by atoms with Gasteiger partial charge in [0.15, 0.2) is 28.9 Å². The van der Waals surface area contributed by atoms with Crippen molar-refractivity contribution in [3.63, 3.8) is 0 Å². The summed E-state index contributed by atoms with van der Waals surface area (Å²) >= 11 is 0. The minimum Gasteiger partial charge on any atom is -0.495 e. The van der Waals surface area contributed by atoms with Crippen LogP contribution in [0.2, 0.25) is 0 Å². The number of halogens is 2. The second-order valence-corrected chi connectivity index (χ2v) is 10.2. The fourth-order valence-electron chi connectivity index (χ4n) is 5.50. The topological polar surface area (TPSA) is 90.0 Å². The van der Waals surface area contributed by atoms with E-state index in [0.717, 1.165) is 49.4 Å². The molecule has 0 bridgehead atoms. The number of rotatable bonds is 9. The third-order valence-corrected chi connectivity index (χ3v) is 7.94. The quantitative estimate of drug-likeness (QED) is 0.376. The molecule has 2 aromatic carbocycles. The minimum atomic E-state index is -0.854. The van der Waals surface area contributed by atoms with Crippen molar-refractivity contribution in [3.8, 4) is 23.0 Å². The SMILES string of the molecule is COc1cc(Nc2ncc(OCc3c(F)c(OC)cc(OC)c3F)cn2)ccc1N1CCC2(CCNCC2)CC1. The van der Waals surface area contributed by atoms with Gasteiger partial charge in [-0.2, -0.15) is 0 Å². The zero-order valence-corrected chi connectivity index (χ0v) is 23.1. The molecule has 0 aliphatic carbocycles. The molecule has 1 aromatic heterocycles. The molecule has 9 nitrogen and oxygen atoms in total. The van der Waals surface area contributed by atoms with Gasteiger partial charge in [-0.1, -0.05) is 0 Å². The number of methoxy groups -OCH3 is 3. The van der Waals surface area contributed by atoms with Crippen molar-refractivity contribution in [1.82, 2.24) is 15.3 Å². The van der Waals surface area contributed by atoms with Crippen LogP contribution in [0.15, 0.2) is 36.7 Å². The third kappa shape index (κ3) is 5.84. The second kappa shape index (κ2) is 12.1. The highest BCUT2D eigenvalue weighted by atomic mass is 19.1. The Balaban J connectivity index is 1.21.